The van der Waals surface area contributed by atoms with Crippen molar-refractivity contribution in [1.82, 2.24) is 0 Å². The normalized spacial score (nSPS) is 17.0. The first-order valence-electron chi connectivity index (χ1n) is 6.59. The number of carbonyl (C=O) groups is 1. The lowest BCUT2D eigenvalue weighted by Crippen LogP contribution is -2.23. The molecule has 1 saturated carbocycles. The molecular formula is C15H20O3. The van der Waals surface area contributed by atoms with Crippen LogP contribution in [-0.4, -0.2) is 25.1 Å². The van der Waals surface area contributed by atoms with Crippen molar-refractivity contribution in [3.8, 4) is 0 Å². The molecule has 1 aromatic carbocycles. The number of hydrogen-bond acceptors (Lipinski definition) is 3. The van der Waals surface area contributed by atoms with Crippen molar-refractivity contribution in [2.75, 3.05) is 13.2 Å². The Bertz CT molecular complexity index is 351. The van der Waals surface area contributed by atoms with E-state index in [-0.39, 0.29) is 6.10 Å². The quantitative estimate of drug-likeness (QED) is 0.726. The lowest BCUT2D eigenvalue weighted by atomic mass is 9.97. The van der Waals surface area contributed by atoms with E-state index in [1.54, 1.807) is 0 Å². The van der Waals surface area contributed by atoms with Gasteiger partial charge in [0.2, 0.25) is 0 Å². The molecule has 1 fully saturated rings. The van der Waals surface area contributed by atoms with E-state index < -0.39 is 0 Å². The predicted octanol–water partition coefficient (Wildman–Crippen LogP) is 2.73. The Labute approximate surface area is 108 Å². The molecule has 0 aliphatic heterocycles. The lowest BCUT2D eigenvalue weighted by molar-refractivity contribution is -0.123. The number of carbonyl (C=O) groups excluding carboxylic acids is 1. The lowest BCUT2D eigenvalue weighted by Gasteiger charge is -2.21. The Morgan fingerprint density at radius 2 is 1.78 bits per heavy atom. The summed E-state index contributed by atoms with van der Waals surface area (Å²) < 4.78 is 11.2. The van der Waals surface area contributed by atoms with Gasteiger partial charge in [0.25, 0.3) is 0 Å². The highest BCUT2D eigenvalue weighted by atomic mass is 16.5. The number of ketones is 1. The van der Waals surface area contributed by atoms with Gasteiger partial charge in [-0.3, -0.25) is 4.79 Å². The summed E-state index contributed by atoms with van der Waals surface area (Å²) in [5, 5.41) is 0. The zero-order valence-corrected chi connectivity index (χ0v) is 10.6. The van der Waals surface area contributed by atoms with E-state index >= 15 is 0 Å². The average Bonchev–Trinajstić information content (AvgIpc) is 2.42. The number of ether oxygens (including phenoxy) is 2. The molecule has 0 aromatic heterocycles. The first-order valence-corrected chi connectivity index (χ1v) is 6.59. The molecule has 0 unspecified atom stereocenters. The van der Waals surface area contributed by atoms with E-state index in [0.29, 0.717) is 38.4 Å². The summed E-state index contributed by atoms with van der Waals surface area (Å²) in [5.41, 5.74) is 1.18. The summed E-state index contributed by atoms with van der Waals surface area (Å²) in [7, 11) is 0. The molecule has 0 atom stereocenters. The highest BCUT2D eigenvalue weighted by Gasteiger charge is 2.18. The summed E-state index contributed by atoms with van der Waals surface area (Å²) in [6, 6.07) is 10.1. The van der Waals surface area contributed by atoms with Gasteiger partial charge in [0.15, 0.2) is 0 Å². The minimum atomic E-state index is 0.253. The minimum Gasteiger partial charge on any atom is -0.376 e. The molecule has 1 aromatic rings. The van der Waals surface area contributed by atoms with Gasteiger partial charge in [-0.05, 0) is 18.4 Å². The van der Waals surface area contributed by atoms with Crippen LogP contribution in [0.25, 0.3) is 0 Å². The predicted molar refractivity (Wildman–Crippen MR) is 69.3 cm³/mol. The van der Waals surface area contributed by atoms with E-state index in [1.807, 2.05) is 30.3 Å². The molecule has 2 rings (SSSR count). The van der Waals surface area contributed by atoms with Gasteiger partial charge in [-0.1, -0.05) is 30.3 Å². The Balaban J connectivity index is 1.52. The molecular weight excluding hydrogens is 228 g/mol. The monoisotopic (exact) mass is 248 g/mol. The SMILES string of the molecule is O=C1CCC(OCCOCc2ccccc2)CC1. The third-order valence-corrected chi connectivity index (χ3v) is 3.18. The molecule has 1 aliphatic carbocycles. The van der Waals surface area contributed by atoms with Crippen molar-refractivity contribution in [2.45, 2.75) is 38.4 Å². The van der Waals surface area contributed by atoms with Crippen LogP contribution in [0, 0.1) is 0 Å². The first kappa shape index (κ1) is 13.2. The van der Waals surface area contributed by atoms with Gasteiger partial charge in [-0.2, -0.15) is 0 Å². The van der Waals surface area contributed by atoms with Crippen molar-refractivity contribution in [3.05, 3.63) is 35.9 Å². The minimum absolute atomic E-state index is 0.253. The Morgan fingerprint density at radius 3 is 2.50 bits per heavy atom. The standard InChI is InChI=1S/C15H20O3/c16-14-6-8-15(9-7-14)18-11-10-17-12-13-4-2-1-3-5-13/h1-5,15H,6-12H2. The van der Waals surface area contributed by atoms with Crippen LogP contribution in [0.4, 0.5) is 0 Å². The van der Waals surface area contributed by atoms with E-state index in [2.05, 4.69) is 0 Å². The molecule has 0 spiro atoms. The highest BCUT2D eigenvalue weighted by Crippen LogP contribution is 2.17. The van der Waals surface area contributed by atoms with Crippen LogP contribution in [0.15, 0.2) is 30.3 Å². The second kappa shape index (κ2) is 7.29. The van der Waals surface area contributed by atoms with Gasteiger partial charge in [0.05, 0.1) is 25.9 Å². The van der Waals surface area contributed by atoms with Crippen LogP contribution in [0.3, 0.4) is 0 Å². The second-order valence-electron chi connectivity index (χ2n) is 4.65. The van der Waals surface area contributed by atoms with Crippen molar-refractivity contribution in [3.63, 3.8) is 0 Å². The molecule has 0 bridgehead atoms. The molecule has 0 N–H and O–H groups in total. The Kier molecular flexibility index (Phi) is 5.36. The molecule has 1 aliphatic rings. The molecule has 0 heterocycles. The van der Waals surface area contributed by atoms with Crippen molar-refractivity contribution >= 4 is 5.78 Å². The molecule has 98 valence electrons. The van der Waals surface area contributed by atoms with E-state index in [0.717, 1.165) is 12.8 Å². The maximum Gasteiger partial charge on any atom is 0.133 e. The van der Waals surface area contributed by atoms with Crippen LogP contribution in [0.2, 0.25) is 0 Å². The summed E-state index contributed by atoms with van der Waals surface area (Å²) in [6.45, 7) is 1.86. The number of Topliss-reactive ketones (excluding diaryl/α,β-unsaturated/α-hetero) is 1. The van der Waals surface area contributed by atoms with Crippen LogP contribution in [0.1, 0.15) is 31.2 Å². The molecule has 3 heteroatoms. The highest BCUT2D eigenvalue weighted by molar-refractivity contribution is 5.79. The number of hydrogen-bond donors (Lipinski definition) is 0. The summed E-state index contributed by atoms with van der Waals surface area (Å²) in [5.74, 6) is 0.371. The zero-order chi connectivity index (χ0) is 12.6. The second-order valence-corrected chi connectivity index (χ2v) is 4.65. The number of benzene rings is 1. The van der Waals surface area contributed by atoms with Crippen LogP contribution in [-0.2, 0) is 20.9 Å². The Hall–Kier alpha value is -1.19. The summed E-state index contributed by atoms with van der Waals surface area (Å²) in [6.07, 6.45) is 3.35. The third-order valence-electron chi connectivity index (χ3n) is 3.18. The van der Waals surface area contributed by atoms with Crippen LogP contribution < -0.4 is 0 Å². The fourth-order valence-corrected chi connectivity index (χ4v) is 2.12. The zero-order valence-electron chi connectivity index (χ0n) is 10.6. The van der Waals surface area contributed by atoms with E-state index in [1.165, 1.54) is 5.56 Å². The van der Waals surface area contributed by atoms with Crippen LogP contribution in [0.5, 0.6) is 0 Å². The molecule has 18 heavy (non-hydrogen) atoms. The van der Waals surface area contributed by atoms with Crippen molar-refractivity contribution < 1.29 is 14.3 Å². The van der Waals surface area contributed by atoms with Gasteiger partial charge < -0.3 is 9.47 Å². The van der Waals surface area contributed by atoms with Crippen LogP contribution >= 0.6 is 0 Å². The number of rotatable bonds is 6. The van der Waals surface area contributed by atoms with Gasteiger partial charge in [0, 0.05) is 12.8 Å². The van der Waals surface area contributed by atoms with Crippen molar-refractivity contribution in [2.24, 2.45) is 0 Å². The van der Waals surface area contributed by atoms with Gasteiger partial charge in [0.1, 0.15) is 5.78 Å². The fraction of sp³-hybridized carbons (Fsp3) is 0.533. The molecule has 0 amide bonds. The van der Waals surface area contributed by atoms with Gasteiger partial charge in [-0.25, -0.2) is 0 Å². The van der Waals surface area contributed by atoms with Gasteiger partial charge in [-0.15, -0.1) is 0 Å². The largest absolute Gasteiger partial charge is 0.376 e. The summed E-state index contributed by atoms with van der Waals surface area (Å²) in [4.78, 5) is 11.1. The fourth-order valence-electron chi connectivity index (χ4n) is 2.12. The Morgan fingerprint density at radius 1 is 1.06 bits per heavy atom. The maximum absolute atomic E-state index is 11.1. The third kappa shape index (κ3) is 4.59. The van der Waals surface area contributed by atoms with E-state index in [4.69, 9.17) is 9.47 Å². The maximum atomic E-state index is 11.1. The first-order chi connectivity index (χ1) is 8.84. The average molecular weight is 248 g/mol. The molecule has 0 saturated heterocycles. The molecule has 0 radical (unpaired) electrons. The van der Waals surface area contributed by atoms with E-state index in [9.17, 15) is 4.79 Å². The smallest absolute Gasteiger partial charge is 0.133 e. The topological polar surface area (TPSA) is 35.5 Å². The van der Waals surface area contributed by atoms with Crippen molar-refractivity contribution in [1.29, 1.82) is 0 Å². The summed E-state index contributed by atoms with van der Waals surface area (Å²) >= 11 is 0. The molecule has 3 nitrogen and oxygen atoms in total. The van der Waals surface area contributed by atoms with Gasteiger partial charge >= 0.3 is 0 Å².